The van der Waals surface area contributed by atoms with Gasteiger partial charge in [0.05, 0.1) is 29.3 Å². The van der Waals surface area contributed by atoms with E-state index >= 15 is 0 Å². The predicted molar refractivity (Wildman–Crippen MR) is 107 cm³/mol. The van der Waals surface area contributed by atoms with Gasteiger partial charge in [-0.3, -0.25) is 0 Å². The SMILES string of the molecule is Cc1cn2nc(-c3cc(N)c(N=NC4CNC(C)(C)C4)c(F)c3)cc(C)c2n1. The number of halogens is 1. The molecule has 2 aromatic heterocycles. The molecule has 28 heavy (non-hydrogen) atoms. The lowest BCUT2D eigenvalue weighted by molar-refractivity contribution is 0.454. The summed E-state index contributed by atoms with van der Waals surface area (Å²) in [7, 11) is 0. The van der Waals surface area contributed by atoms with E-state index in [4.69, 9.17) is 5.73 Å². The van der Waals surface area contributed by atoms with Crippen LogP contribution in [0, 0.1) is 19.7 Å². The van der Waals surface area contributed by atoms with Crippen LogP contribution in [0.4, 0.5) is 15.8 Å². The van der Waals surface area contributed by atoms with Gasteiger partial charge in [0, 0.05) is 17.6 Å². The van der Waals surface area contributed by atoms with Crippen molar-refractivity contribution < 1.29 is 4.39 Å². The van der Waals surface area contributed by atoms with E-state index in [1.165, 1.54) is 6.07 Å². The molecule has 1 aliphatic rings. The van der Waals surface area contributed by atoms with Gasteiger partial charge in [0.25, 0.3) is 0 Å². The van der Waals surface area contributed by atoms with Crippen molar-refractivity contribution in [3.8, 4) is 11.3 Å². The van der Waals surface area contributed by atoms with Crippen LogP contribution in [-0.4, -0.2) is 32.7 Å². The van der Waals surface area contributed by atoms with Gasteiger partial charge in [0.15, 0.2) is 11.5 Å². The second kappa shape index (κ2) is 6.63. The normalized spacial score (nSPS) is 19.1. The second-order valence-corrected chi connectivity index (χ2v) is 8.10. The summed E-state index contributed by atoms with van der Waals surface area (Å²) in [5.74, 6) is -0.509. The number of aromatic nitrogens is 3. The summed E-state index contributed by atoms with van der Waals surface area (Å²) >= 11 is 0. The zero-order valence-corrected chi connectivity index (χ0v) is 16.5. The highest BCUT2D eigenvalue weighted by atomic mass is 19.1. The maximum absolute atomic E-state index is 14.7. The summed E-state index contributed by atoms with van der Waals surface area (Å²) in [5.41, 5.74) is 10.3. The molecule has 0 saturated carbocycles. The Kier molecular flexibility index (Phi) is 4.38. The molecule has 0 bridgehead atoms. The summed E-state index contributed by atoms with van der Waals surface area (Å²) in [6.07, 6.45) is 2.69. The first-order valence-electron chi connectivity index (χ1n) is 9.31. The molecule has 8 heteroatoms. The number of rotatable bonds is 3. The Labute approximate surface area is 162 Å². The Balaban J connectivity index is 1.66. The third-order valence-electron chi connectivity index (χ3n) is 5.00. The van der Waals surface area contributed by atoms with Gasteiger partial charge in [0.1, 0.15) is 5.69 Å². The van der Waals surface area contributed by atoms with E-state index in [2.05, 4.69) is 39.5 Å². The van der Waals surface area contributed by atoms with E-state index in [9.17, 15) is 4.39 Å². The number of benzene rings is 1. The molecule has 1 aromatic carbocycles. The van der Waals surface area contributed by atoms with E-state index in [-0.39, 0.29) is 23.0 Å². The van der Waals surface area contributed by atoms with Gasteiger partial charge in [-0.25, -0.2) is 13.9 Å². The Morgan fingerprint density at radius 2 is 2.07 bits per heavy atom. The lowest BCUT2D eigenvalue weighted by Gasteiger charge is -2.15. The van der Waals surface area contributed by atoms with Crippen molar-refractivity contribution in [2.45, 2.75) is 45.7 Å². The Morgan fingerprint density at radius 3 is 2.75 bits per heavy atom. The molecule has 1 saturated heterocycles. The van der Waals surface area contributed by atoms with Gasteiger partial charge in [-0.1, -0.05) is 0 Å². The molecule has 0 aliphatic carbocycles. The van der Waals surface area contributed by atoms with Gasteiger partial charge in [-0.15, -0.1) is 0 Å². The molecule has 1 aliphatic heterocycles. The topological polar surface area (TPSA) is 93.0 Å². The maximum atomic E-state index is 14.7. The number of azo groups is 1. The van der Waals surface area contributed by atoms with Crippen molar-refractivity contribution >= 4 is 17.0 Å². The number of nitrogens with zero attached hydrogens (tertiary/aromatic N) is 5. The lowest BCUT2D eigenvalue weighted by atomic mass is 10.0. The molecule has 1 fully saturated rings. The van der Waals surface area contributed by atoms with E-state index in [1.807, 2.05) is 26.1 Å². The number of nitrogen functional groups attached to an aromatic ring is 1. The highest BCUT2D eigenvalue weighted by molar-refractivity contribution is 5.73. The number of imidazole rings is 1. The highest BCUT2D eigenvalue weighted by Crippen LogP contribution is 2.33. The molecular weight excluding hydrogens is 357 g/mol. The van der Waals surface area contributed by atoms with Crippen molar-refractivity contribution in [2.24, 2.45) is 10.2 Å². The second-order valence-electron chi connectivity index (χ2n) is 8.10. The molecule has 3 N–H and O–H groups in total. The molecule has 3 aromatic rings. The van der Waals surface area contributed by atoms with Crippen molar-refractivity contribution in [2.75, 3.05) is 12.3 Å². The zero-order chi connectivity index (χ0) is 20.1. The first-order chi connectivity index (χ1) is 13.2. The van der Waals surface area contributed by atoms with Crippen LogP contribution in [0.15, 0.2) is 34.6 Å². The highest BCUT2D eigenvalue weighted by Gasteiger charge is 2.30. The van der Waals surface area contributed by atoms with Gasteiger partial charge >= 0.3 is 0 Å². The summed E-state index contributed by atoms with van der Waals surface area (Å²) in [6, 6.07) is 4.98. The predicted octanol–water partition coefficient (Wildman–Crippen LogP) is 3.96. The van der Waals surface area contributed by atoms with Crippen molar-refractivity contribution in [1.29, 1.82) is 0 Å². The van der Waals surface area contributed by atoms with Crippen LogP contribution in [0.25, 0.3) is 16.9 Å². The number of nitrogens with two attached hydrogens (primary N) is 1. The van der Waals surface area contributed by atoms with Crippen LogP contribution in [0.5, 0.6) is 0 Å². The standard InChI is InChI=1S/C20H24FN7/c1-11-5-17(27-28-10-12(2)24-19(11)28)13-6-15(21)18(16(22)7-13)26-25-14-8-20(3,4)23-9-14/h5-7,10,14,23H,8-9,22H2,1-4H3. The lowest BCUT2D eigenvalue weighted by Crippen LogP contribution is -2.31. The third kappa shape index (κ3) is 3.47. The van der Waals surface area contributed by atoms with Crippen LogP contribution >= 0.6 is 0 Å². The summed E-state index contributed by atoms with van der Waals surface area (Å²) in [5, 5.41) is 16.3. The zero-order valence-electron chi connectivity index (χ0n) is 16.5. The van der Waals surface area contributed by atoms with Crippen molar-refractivity contribution in [3.05, 3.63) is 41.5 Å². The fourth-order valence-electron chi connectivity index (χ4n) is 3.61. The maximum Gasteiger partial charge on any atom is 0.156 e. The average Bonchev–Trinajstić information content (AvgIpc) is 3.15. The first-order valence-corrected chi connectivity index (χ1v) is 9.31. The molecule has 0 amide bonds. The van der Waals surface area contributed by atoms with Gasteiger partial charge in [-0.2, -0.15) is 15.3 Å². The van der Waals surface area contributed by atoms with Gasteiger partial charge in [-0.05, 0) is 57.9 Å². The Hall–Kier alpha value is -2.87. The largest absolute Gasteiger partial charge is 0.397 e. The number of aryl methyl sites for hydroxylation is 2. The van der Waals surface area contributed by atoms with Crippen LogP contribution in [0.1, 0.15) is 31.5 Å². The van der Waals surface area contributed by atoms with E-state index in [0.717, 1.165) is 29.9 Å². The van der Waals surface area contributed by atoms with Crippen molar-refractivity contribution in [3.63, 3.8) is 0 Å². The minimum atomic E-state index is -0.509. The minimum Gasteiger partial charge on any atom is -0.397 e. The number of anilines is 1. The van der Waals surface area contributed by atoms with E-state index < -0.39 is 5.82 Å². The third-order valence-corrected chi connectivity index (χ3v) is 5.00. The minimum absolute atomic E-state index is 0.0182. The van der Waals surface area contributed by atoms with Crippen LogP contribution in [0.3, 0.4) is 0 Å². The van der Waals surface area contributed by atoms with Crippen molar-refractivity contribution in [1.82, 2.24) is 19.9 Å². The molecule has 4 rings (SSSR count). The van der Waals surface area contributed by atoms with E-state index in [0.29, 0.717) is 11.3 Å². The molecule has 1 atom stereocenters. The molecule has 0 spiro atoms. The first kappa shape index (κ1) is 18.5. The van der Waals surface area contributed by atoms with Crippen LogP contribution < -0.4 is 11.1 Å². The Bertz CT molecular complexity index is 1060. The number of hydrogen-bond donors (Lipinski definition) is 2. The molecule has 3 heterocycles. The smallest absolute Gasteiger partial charge is 0.156 e. The fourth-order valence-corrected chi connectivity index (χ4v) is 3.61. The summed E-state index contributed by atoms with van der Waals surface area (Å²) < 4.78 is 16.4. The fraction of sp³-hybridized carbons (Fsp3) is 0.400. The van der Waals surface area contributed by atoms with Gasteiger partial charge < -0.3 is 11.1 Å². The summed E-state index contributed by atoms with van der Waals surface area (Å²) in [6.45, 7) is 8.81. The van der Waals surface area contributed by atoms with Crippen LogP contribution in [-0.2, 0) is 0 Å². The molecule has 7 nitrogen and oxygen atoms in total. The molecule has 1 unspecified atom stereocenters. The number of hydrogen-bond acceptors (Lipinski definition) is 6. The average molecular weight is 381 g/mol. The van der Waals surface area contributed by atoms with E-state index in [1.54, 1.807) is 10.6 Å². The summed E-state index contributed by atoms with van der Waals surface area (Å²) in [4.78, 5) is 4.44. The van der Waals surface area contributed by atoms with Crippen LogP contribution in [0.2, 0.25) is 0 Å². The molecule has 0 radical (unpaired) electrons. The Morgan fingerprint density at radius 1 is 1.29 bits per heavy atom. The quantitative estimate of drug-likeness (QED) is 0.530. The number of fused-ring (bicyclic) bond motifs is 1. The number of nitrogens with one attached hydrogen (secondary N) is 1. The molecule has 146 valence electrons. The van der Waals surface area contributed by atoms with Gasteiger partial charge in [0.2, 0.25) is 0 Å². The monoisotopic (exact) mass is 381 g/mol. The molecular formula is C20H24FN7.